The van der Waals surface area contributed by atoms with E-state index in [1.165, 1.54) is 0 Å². The van der Waals surface area contributed by atoms with E-state index >= 15 is 0 Å². The van der Waals surface area contributed by atoms with Crippen LogP contribution in [0.4, 0.5) is 27.6 Å². The third-order valence-corrected chi connectivity index (χ3v) is 4.96. The first-order valence-electron chi connectivity index (χ1n) is 9.11. The number of fused-ring (bicyclic) bond motifs is 1. The number of amides is 2. The Balaban J connectivity index is 2.29. The molecule has 1 aliphatic rings. The number of hydrogen-bond acceptors (Lipinski definition) is 4. The van der Waals surface area contributed by atoms with Gasteiger partial charge in [0.05, 0.1) is 23.1 Å². The summed E-state index contributed by atoms with van der Waals surface area (Å²) in [5.41, 5.74) is -3.43. The van der Waals surface area contributed by atoms with Crippen LogP contribution in [0.15, 0.2) is 6.07 Å². The molecular weight excluding hydrogens is 415 g/mol. The van der Waals surface area contributed by atoms with Crippen molar-refractivity contribution in [2.45, 2.75) is 52.1 Å². The van der Waals surface area contributed by atoms with E-state index in [4.69, 9.17) is 0 Å². The topological polar surface area (TPSA) is 75.7 Å². The van der Waals surface area contributed by atoms with Crippen molar-refractivity contribution in [3.05, 3.63) is 28.8 Å². The highest BCUT2D eigenvalue weighted by Gasteiger charge is 2.51. The first-order chi connectivity index (χ1) is 13.7. The molecule has 1 atom stereocenters. The Morgan fingerprint density at radius 1 is 1.27 bits per heavy atom. The number of carbonyl (C=O) groups excluding carboxylic acids is 3. The van der Waals surface area contributed by atoms with Crippen molar-refractivity contribution in [2.24, 2.45) is 5.92 Å². The van der Waals surface area contributed by atoms with Gasteiger partial charge in [0.15, 0.2) is 0 Å². The van der Waals surface area contributed by atoms with Crippen LogP contribution in [-0.2, 0) is 30.8 Å². The van der Waals surface area contributed by atoms with Crippen molar-refractivity contribution in [3.63, 3.8) is 0 Å². The van der Waals surface area contributed by atoms with Gasteiger partial charge >= 0.3 is 12.1 Å². The fraction of sp³-hybridized carbons (Fsp3) is 0.526. The molecule has 2 rings (SSSR count). The van der Waals surface area contributed by atoms with Crippen LogP contribution in [0.3, 0.4) is 0 Å². The fourth-order valence-corrected chi connectivity index (χ4v) is 3.11. The van der Waals surface area contributed by atoms with Crippen molar-refractivity contribution in [2.75, 3.05) is 11.4 Å². The van der Waals surface area contributed by atoms with Gasteiger partial charge in [0.25, 0.3) is 5.91 Å². The first-order valence-corrected chi connectivity index (χ1v) is 9.11. The number of rotatable bonds is 5. The Labute approximate surface area is 169 Å². The number of nitrogens with zero attached hydrogens (tertiary/aromatic N) is 1. The molecule has 0 radical (unpaired) electrons. The van der Waals surface area contributed by atoms with Gasteiger partial charge in [-0.25, -0.2) is 13.6 Å². The molecule has 1 aliphatic heterocycles. The quantitative estimate of drug-likeness (QED) is 0.565. The minimum atomic E-state index is -5.17. The Kier molecular flexibility index (Phi) is 6.43. The average molecular weight is 436 g/mol. The molecule has 6 nitrogen and oxygen atoms in total. The molecule has 0 bridgehead atoms. The van der Waals surface area contributed by atoms with Crippen LogP contribution in [-0.4, -0.2) is 24.3 Å². The lowest BCUT2D eigenvalue weighted by molar-refractivity contribution is -0.158. The molecular formula is C19H21F5N2O4. The van der Waals surface area contributed by atoms with Gasteiger partial charge in [-0.2, -0.15) is 18.7 Å². The number of alkyl halides is 3. The largest absolute Gasteiger partial charge is 0.419 e. The van der Waals surface area contributed by atoms with Gasteiger partial charge in [0, 0.05) is 5.56 Å². The average Bonchev–Trinajstić information content (AvgIpc) is 2.83. The lowest BCUT2D eigenvalue weighted by atomic mass is 9.84. The second-order valence-electron chi connectivity index (χ2n) is 7.67. The summed E-state index contributed by atoms with van der Waals surface area (Å²) in [6, 6.07) is -0.0556. The Bertz CT molecular complexity index is 883. The zero-order valence-electron chi connectivity index (χ0n) is 16.7. The molecule has 0 spiro atoms. The molecule has 1 unspecified atom stereocenters. The summed E-state index contributed by atoms with van der Waals surface area (Å²) in [5.74, 6) is -6.03. The number of anilines is 1. The van der Waals surface area contributed by atoms with Gasteiger partial charge < -0.3 is 4.84 Å². The Morgan fingerprint density at radius 2 is 1.87 bits per heavy atom. The molecule has 0 fully saturated rings. The fourth-order valence-electron chi connectivity index (χ4n) is 3.11. The van der Waals surface area contributed by atoms with Crippen LogP contribution < -0.4 is 10.4 Å². The van der Waals surface area contributed by atoms with E-state index in [1.807, 2.05) is 12.4 Å². The first kappa shape index (κ1) is 23.6. The van der Waals surface area contributed by atoms with E-state index in [0.29, 0.717) is 11.3 Å². The van der Waals surface area contributed by atoms with Crippen molar-refractivity contribution < 1.29 is 41.2 Å². The van der Waals surface area contributed by atoms with E-state index in [-0.39, 0.29) is 18.4 Å². The summed E-state index contributed by atoms with van der Waals surface area (Å²) >= 11 is 0. The number of benzene rings is 1. The molecule has 1 heterocycles. The SMILES string of the molecule is CCC(C)CC(=O)ONC(=O)CN1C(=O)C(C)(C)c2c(F)c(C(F)(F)F)cc(F)c21. The van der Waals surface area contributed by atoms with Crippen LogP contribution in [0.2, 0.25) is 0 Å². The van der Waals surface area contributed by atoms with Gasteiger partial charge in [-0.3, -0.25) is 14.5 Å². The smallest absolute Gasteiger partial charge is 0.341 e. The number of nitrogens with one attached hydrogen (secondary N) is 1. The molecule has 0 aliphatic carbocycles. The van der Waals surface area contributed by atoms with Crippen molar-refractivity contribution in [1.82, 2.24) is 5.48 Å². The normalized spacial score (nSPS) is 16.3. The molecule has 0 saturated carbocycles. The molecule has 1 aromatic rings. The molecule has 1 aromatic carbocycles. The summed E-state index contributed by atoms with van der Waals surface area (Å²) in [7, 11) is 0. The van der Waals surface area contributed by atoms with Crippen LogP contribution >= 0.6 is 0 Å². The second-order valence-corrected chi connectivity index (χ2v) is 7.67. The van der Waals surface area contributed by atoms with E-state index in [1.54, 1.807) is 6.92 Å². The number of carbonyl (C=O) groups is 3. The highest BCUT2D eigenvalue weighted by Crippen LogP contribution is 2.47. The van der Waals surface area contributed by atoms with Gasteiger partial charge in [0.2, 0.25) is 5.91 Å². The number of halogens is 5. The zero-order valence-corrected chi connectivity index (χ0v) is 16.7. The summed E-state index contributed by atoms with van der Waals surface area (Å²) in [4.78, 5) is 41.4. The molecule has 0 saturated heterocycles. The molecule has 0 aromatic heterocycles. The summed E-state index contributed by atoms with van der Waals surface area (Å²) < 4.78 is 68.2. The maximum absolute atomic E-state index is 14.6. The lowest BCUT2D eigenvalue weighted by Crippen LogP contribution is -2.43. The summed E-state index contributed by atoms with van der Waals surface area (Å²) in [6.07, 6.45) is -4.45. The minimum Gasteiger partial charge on any atom is -0.341 e. The van der Waals surface area contributed by atoms with Gasteiger partial charge in [-0.05, 0) is 25.8 Å². The van der Waals surface area contributed by atoms with Gasteiger partial charge in [-0.15, -0.1) is 0 Å². The van der Waals surface area contributed by atoms with E-state index in [9.17, 15) is 36.3 Å². The minimum absolute atomic E-state index is 0.00198. The molecule has 30 heavy (non-hydrogen) atoms. The third-order valence-electron chi connectivity index (χ3n) is 4.96. The van der Waals surface area contributed by atoms with E-state index < -0.39 is 64.4 Å². The van der Waals surface area contributed by atoms with E-state index in [2.05, 4.69) is 4.84 Å². The summed E-state index contributed by atoms with van der Waals surface area (Å²) in [5, 5.41) is 0. The van der Waals surface area contributed by atoms with E-state index in [0.717, 1.165) is 13.8 Å². The van der Waals surface area contributed by atoms with Crippen molar-refractivity contribution in [1.29, 1.82) is 0 Å². The van der Waals surface area contributed by atoms with Crippen molar-refractivity contribution in [3.8, 4) is 0 Å². The number of hydroxylamine groups is 1. The maximum atomic E-state index is 14.6. The van der Waals surface area contributed by atoms with Crippen LogP contribution in [0.25, 0.3) is 0 Å². The highest BCUT2D eigenvalue weighted by atomic mass is 19.4. The van der Waals surface area contributed by atoms with Crippen LogP contribution in [0.5, 0.6) is 0 Å². The highest BCUT2D eigenvalue weighted by molar-refractivity contribution is 6.10. The van der Waals surface area contributed by atoms with Crippen LogP contribution in [0.1, 0.15) is 51.7 Å². The Morgan fingerprint density at radius 3 is 2.40 bits per heavy atom. The monoisotopic (exact) mass is 436 g/mol. The van der Waals surface area contributed by atoms with Gasteiger partial charge in [0.1, 0.15) is 18.2 Å². The van der Waals surface area contributed by atoms with Crippen LogP contribution in [0, 0.1) is 17.6 Å². The maximum Gasteiger partial charge on any atom is 0.419 e. The molecule has 166 valence electrons. The van der Waals surface area contributed by atoms with Crippen molar-refractivity contribution >= 4 is 23.5 Å². The molecule has 1 N–H and O–H groups in total. The molecule has 11 heteroatoms. The summed E-state index contributed by atoms with van der Waals surface area (Å²) in [6.45, 7) is 5.01. The predicted molar refractivity (Wildman–Crippen MR) is 95.0 cm³/mol. The predicted octanol–water partition coefficient (Wildman–Crippen LogP) is 3.62. The van der Waals surface area contributed by atoms with Gasteiger partial charge in [-0.1, -0.05) is 20.3 Å². The third kappa shape index (κ3) is 4.39. The lowest BCUT2D eigenvalue weighted by Gasteiger charge is -2.19. The number of hydrogen-bond donors (Lipinski definition) is 1. The zero-order chi connectivity index (χ0) is 23.0. The Hall–Kier alpha value is -2.72. The molecule has 2 amide bonds. The standard InChI is InChI=1S/C19H21F5N2O4/c1-5-9(2)6-13(28)30-25-12(27)8-26-16-11(20)7-10(19(22,23)24)15(21)14(16)18(3,4)17(26)29/h7,9H,5-6,8H2,1-4H3,(H,25,27). The second kappa shape index (κ2) is 8.19.